The van der Waals surface area contributed by atoms with Gasteiger partial charge in [-0.25, -0.2) is 9.29 Å². The molecule has 4 rings (SSSR count). The molecule has 150 valence electrons. The van der Waals surface area contributed by atoms with Crippen molar-refractivity contribution in [2.24, 2.45) is 0 Å². The fraction of sp³-hybridized carbons (Fsp3) is 0.348. The minimum absolute atomic E-state index is 0.0267. The van der Waals surface area contributed by atoms with Crippen LogP contribution >= 0.6 is 0 Å². The van der Waals surface area contributed by atoms with Gasteiger partial charge in [-0.15, -0.1) is 0 Å². The average Bonchev–Trinajstić information content (AvgIpc) is 3.33. The zero-order chi connectivity index (χ0) is 20.4. The molecule has 0 aromatic heterocycles. The number of carbonyl (C=O) groups is 3. The molecule has 29 heavy (non-hydrogen) atoms. The molecule has 1 atom stereocenters. The van der Waals surface area contributed by atoms with Crippen molar-refractivity contribution in [3.8, 4) is 0 Å². The highest BCUT2D eigenvalue weighted by Crippen LogP contribution is 2.32. The summed E-state index contributed by atoms with van der Waals surface area (Å²) in [5.74, 6) is -1.33. The Morgan fingerprint density at radius 3 is 2.31 bits per heavy atom. The molecule has 1 saturated carbocycles. The van der Waals surface area contributed by atoms with Crippen LogP contribution in [0.3, 0.4) is 0 Å². The van der Waals surface area contributed by atoms with Gasteiger partial charge in [0.05, 0.1) is 18.5 Å². The molecule has 1 saturated heterocycles. The molecular weight excluding hydrogens is 371 g/mol. The Hall–Kier alpha value is -3.02. The van der Waals surface area contributed by atoms with Crippen molar-refractivity contribution >= 4 is 23.4 Å². The van der Waals surface area contributed by atoms with Gasteiger partial charge in [0.1, 0.15) is 11.9 Å². The third-order valence-electron chi connectivity index (χ3n) is 5.75. The van der Waals surface area contributed by atoms with E-state index in [1.165, 1.54) is 24.3 Å². The quantitative estimate of drug-likeness (QED) is 0.730. The maximum absolute atomic E-state index is 13.2. The first-order chi connectivity index (χ1) is 14.0. The summed E-state index contributed by atoms with van der Waals surface area (Å²) in [6, 6.07) is 13.9. The summed E-state index contributed by atoms with van der Waals surface area (Å²) in [5.41, 5.74) is 1.22. The van der Waals surface area contributed by atoms with E-state index in [-0.39, 0.29) is 30.7 Å². The summed E-state index contributed by atoms with van der Waals surface area (Å²) < 4.78 is 13.2. The van der Waals surface area contributed by atoms with Gasteiger partial charge in [-0.3, -0.25) is 14.4 Å². The van der Waals surface area contributed by atoms with Gasteiger partial charge in [-0.05, 0) is 42.7 Å². The number of halogens is 1. The molecule has 1 aliphatic carbocycles. The van der Waals surface area contributed by atoms with Crippen molar-refractivity contribution in [2.75, 3.05) is 4.90 Å². The largest absolute Gasteiger partial charge is 0.327 e. The lowest BCUT2D eigenvalue weighted by molar-refractivity contribution is -0.140. The summed E-state index contributed by atoms with van der Waals surface area (Å²) in [7, 11) is 0. The molecule has 2 aromatic rings. The van der Waals surface area contributed by atoms with Crippen LogP contribution < -0.4 is 4.90 Å². The molecule has 6 heteroatoms. The predicted molar refractivity (Wildman–Crippen MR) is 107 cm³/mol. The maximum Gasteiger partial charge on any atom is 0.257 e. The number of rotatable bonds is 5. The Kier molecular flexibility index (Phi) is 5.43. The van der Waals surface area contributed by atoms with Crippen molar-refractivity contribution in [1.29, 1.82) is 0 Å². The Morgan fingerprint density at radius 1 is 1.00 bits per heavy atom. The van der Waals surface area contributed by atoms with Crippen molar-refractivity contribution in [2.45, 2.75) is 50.6 Å². The highest BCUT2D eigenvalue weighted by atomic mass is 19.1. The van der Waals surface area contributed by atoms with Gasteiger partial charge in [0.15, 0.2) is 0 Å². The second-order valence-electron chi connectivity index (χ2n) is 7.67. The molecule has 0 bridgehead atoms. The molecule has 3 amide bonds. The monoisotopic (exact) mass is 394 g/mol. The van der Waals surface area contributed by atoms with Crippen LogP contribution in [0.1, 0.15) is 37.7 Å². The van der Waals surface area contributed by atoms with Gasteiger partial charge in [0.25, 0.3) is 5.91 Å². The minimum Gasteiger partial charge on any atom is -0.327 e. The van der Waals surface area contributed by atoms with E-state index in [9.17, 15) is 18.8 Å². The summed E-state index contributed by atoms with van der Waals surface area (Å²) in [5, 5.41) is 0. The van der Waals surface area contributed by atoms with E-state index in [0.717, 1.165) is 36.1 Å². The predicted octanol–water partition coefficient (Wildman–Crippen LogP) is 3.47. The zero-order valence-corrected chi connectivity index (χ0v) is 16.1. The summed E-state index contributed by atoms with van der Waals surface area (Å²) in [4.78, 5) is 41.8. The normalized spacial score (nSPS) is 19.8. The van der Waals surface area contributed by atoms with E-state index < -0.39 is 17.8 Å². The van der Waals surface area contributed by atoms with Crippen LogP contribution in [-0.2, 0) is 20.8 Å². The molecule has 1 heterocycles. The number of anilines is 1. The summed E-state index contributed by atoms with van der Waals surface area (Å²) in [6.07, 6.45) is 3.87. The second-order valence-corrected chi connectivity index (χ2v) is 7.67. The molecule has 2 aliphatic rings. The van der Waals surface area contributed by atoms with Crippen molar-refractivity contribution in [1.82, 2.24) is 4.90 Å². The van der Waals surface area contributed by atoms with E-state index in [4.69, 9.17) is 0 Å². The van der Waals surface area contributed by atoms with E-state index in [1.54, 1.807) is 4.90 Å². The van der Waals surface area contributed by atoms with Gasteiger partial charge in [0, 0.05) is 6.04 Å². The van der Waals surface area contributed by atoms with Crippen LogP contribution in [0.4, 0.5) is 10.1 Å². The van der Waals surface area contributed by atoms with Crippen LogP contribution in [0.2, 0.25) is 0 Å². The van der Waals surface area contributed by atoms with Crippen molar-refractivity contribution < 1.29 is 18.8 Å². The number of amides is 3. The first-order valence-corrected chi connectivity index (χ1v) is 10.0. The fourth-order valence-corrected chi connectivity index (χ4v) is 4.37. The number of benzene rings is 2. The maximum atomic E-state index is 13.2. The lowest BCUT2D eigenvalue weighted by Gasteiger charge is -2.33. The van der Waals surface area contributed by atoms with Crippen molar-refractivity contribution in [3.63, 3.8) is 0 Å². The van der Waals surface area contributed by atoms with E-state index in [0.29, 0.717) is 5.69 Å². The third kappa shape index (κ3) is 3.92. The molecule has 1 unspecified atom stereocenters. The molecule has 0 spiro atoms. The summed E-state index contributed by atoms with van der Waals surface area (Å²) in [6.45, 7) is 0. The fourth-order valence-electron chi connectivity index (χ4n) is 4.37. The van der Waals surface area contributed by atoms with Crippen LogP contribution in [0.25, 0.3) is 0 Å². The van der Waals surface area contributed by atoms with E-state index in [1.807, 2.05) is 30.3 Å². The van der Waals surface area contributed by atoms with Crippen LogP contribution in [0.5, 0.6) is 0 Å². The molecular formula is C23H23FN2O3. The lowest BCUT2D eigenvalue weighted by atomic mass is 10.1. The highest BCUT2D eigenvalue weighted by Gasteiger charge is 2.46. The van der Waals surface area contributed by atoms with Gasteiger partial charge >= 0.3 is 0 Å². The number of nitrogens with zero attached hydrogens (tertiary/aromatic N) is 2. The third-order valence-corrected chi connectivity index (χ3v) is 5.75. The molecule has 1 aliphatic heterocycles. The zero-order valence-electron chi connectivity index (χ0n) is 16.1. The Bertz CT molecular complexity index is 907. The number of carbonyl (C=O) groups excluding carboxylic acids is 3. The van der Waals surface area contributed by atoms with Crippen LogP contribution in [0, 0.1) is 5.82 Å². The smallest absolute Gasteiger partial charge is 0.257 e. The molecule has 2 aromatic carbocycles. The van der Waals surface area contributed by atoms with Gasteiger partial charge in [-0.1, -0.05) is 43.2 Å². The Labute approximate surface area is 169 Å². The SMILES string of the molecule is O=C1CC(N(C(=O)Cc2ccccc2)C2CCCC2)C(=O)N1c1ccc(F)cc1. The Morgan fingerprint density at radius 2 is 1.66 bits per heavy atom. The van der Waals surface area contributed by atoms with E-state index >= 15 is 0 Å². The standard InChI is InChI=1S/C23H23FN2O3/c24-17-10-12-19(13-11-17)26-22(28)15-20(23(26)29)25(18-8-4-5-9-18)21(27)14-16-6-2-1-3-7-16/h1-3,6-7,10-13,18,20H,4-5,8-9,14-15H2. The van der Waals surface area contributed by atoms with E-state index in [2.05, 4.69) is 0 Å². The van der Waals surface area contributed by atoms with Gasteiger partial charge in [-0.2, -0.15) is 0 Å². The molecule has 0 N–H and O–H groups in total. The number of hydrogen-bond donors (Lipinski definition) is 0. The number of hydrogen-bond acceptors (Lipinski definition) is 3. The van der Waals surface area contributed by atoms with Gasteiger partial charge < -0.3 is 4.90 Å². The van der Waals surface area contributed by atoms with Crippen LogP contribution in [-0.4, -0.2) is 34.7 Å². The lowest BCUT2D eigenvalue weighted by Crippen LogP contribution is -2.50. The second kappa shape index (κ2) is 8.15. The first kappa shape index (κ1) is 19.3. The van der Waals surface area contributed by atoms with Crippen LogP contribution in [0.15, 0.2) is 54.6 Å². The first-order valence-electron chi connectivity index (χ1n) is 10.0. The topological polar surface area (TPSA) is 57.7 Å². The Balaban J connectivity index is 1.60. The summed E-state index contributed by atoms with van der Waals surface area (Å²) >= 11 is 0. The molecule has 5 nitrogen and oxygen atoms in total. The molecule has 0 radical (unpaired) electrons. The number of imide groups is 1. The average molecular weight is 394 g/mol. The van der Waals surface area contributed by atoms with Crippen molar-refractivity contribution in [3.05, 3.63) is 66.0 Å². The van der Waals surface area contributed by atoms with Gasteiger partial charge in [0.2, 0.25) is 11.8 Å². The minimum atomic E-state index is -0.799. The highest BCUT2D eigenvalue weighted by molar-refractivity contribution is 6.23. The molecule has 2 fully saturated rings.